The minimum Gasteiger partial charge on any atom is -0.489 e. The highest BCUT2D eigenvalue weighted by atomic mass is 32.2. The van der Waals surface area contributed by atoms with Crippen LogP contribution in [0.15, 0.2) is 52.3 Å². The Morgan fingerprint density at radius 1 is 1.12 bits per heavy atom. The van der Waals surface area contributed by atoms with E-state index in [1.54, 1.807) is 11.8 Å². The third-order valence-corrected chi connectivity index (χ3v) is 5.57. The maximum absolute atomic E-state index is 6.30. The number of hydrogen-bond donors (Lipinski definition) is 3. The Morgan fingerprint density at radius 3 is 2.68 bits per heavy atom. The summed E-state index contributed by atoms with van der Waals surface area (Å²) >= 11 is 1.66. The van der Waals surface area contributed by atoms with E-state index in [2.05, 4.69) is 24.4 Å². The Kier molecular flexibility index (Phi) is 6.10. The van der Waals surface area contributed by atoms with E-state index in [0.29, 0.717) is 17.4 Å². The molecule has 134 valence electrons. The monoisotopic (exact) mass is 357 g/mol. The van der Waals surface area contributed by atoms with E-state index in [1.165, 1.54) is 19.3 Å². The molecule has 0 aromatic heterocycles. The van der Waals surface area contributed by atoms with Crippen LogP contribution in [0, 0.1) is 0 Å². The summed E-state index contributed by atoms with van der Waals surface area (Å²) in [6.45, 7) is 3.29. The van der Waals surface area contributed by atoms with Gasteiger partial charge in [-0.1, -0.05) is 31.2 Å². The fraction of sp³-hybridized carbons (Fsp3) is 0.400. The van der Waals surface area contributed by atoms with Gasteiger partial charge in [0.05, 0.1) is 11.4 Å². The van der Waals surface area contributed by atoms with Crippen molar-refractivity contribution in [3.05, 3.63) is 42.5 Å². The second-order valence-corrected chi connectivity index (χ2v) is 7.64. The summed E-state index contributed by atoms with van der Waals surface area (Å²) < 4.78 is 6.30. The highest BCUT2D eigenvalue weighted by molar-refractivity contribution is 7.99. The largest absolute Gasteiger partial charge is 0.489 e. The first-order valence-electron chi connectivity index (χ1n) is 8.98. The summed E-state index contributed by atoms with van der Waals surface area (Å²) in [4.78, 5) is 2.21. The van der Waals surface area contributed by atoms with Crippen molar-refractivity contribution in [2.45, 2.75) is 54.5 Å². The van der Waals surface area contributed by atoms with Gasteiger partial charge in [0, 0.05) is 15.8 Å². The van der Waals surface area contributed by atoms with Crippen molar-refractivity contribution in [1.29, 1.82) is 0 Å². The van der Waals surface area contributed by atoms with Crippen LogP contribution in [0.4, 0.5) is 11.4 Å². The molecule has 1 aliphatic rings. The van der Waals surface area contributed by atoms with Crippen LogP contribution in [0.25, 0.3) is 0 Å². The van der Waals surface area contributed by atoms with Crippen LogP contribution < -0.4 is 21.5 Å². The second-order valence-electron chi connectivity index (χ2n) is 6.49. The number of hydrogen-bond acceptors (Lipinski definition) is 5. The van der Waals surface area contributed by atoms with E-state index >= 15 is 0 Å². The van der Waals surface area contributed by atoms with Gasteiger partial charge in [0.2, 0.25) is 0 Å². The maximum Gasteiger partial charge on any atom is 0.120 e. The van der Waals surface area contributed by atoms with Crippen LogP contribution in [0.5, 0.6) is 5.75 Å². The molecule has 0 amide bonds. The number of nitrogen functional groups attached to an aromatic ring is 2. The van der Waals surface area contributed by atoms with Gasteiger partial charge in [-0.15, -0.1) is 0 Å². The van der Waals surface area contributed by atoms with Crippen LogP contribution in [0.3, 0.4) is 0 Å². The third-order valence-electron chi connectivity index (χ3n) is 4.59. The minimum atomic E-state index is 0.215. The molecule has 0 aliphatic carbocycles. The fourth-order valence-electron chi connectivity index (χ4n) is 3.18. The molecule has 25 heavy (non-hydrogen) atoms. The lowest BCUT2D eigenvalue weighted by Crippen LogP contribution is -2.45. The molecule has 5 N–H and O–H groups in total. The van der Waals surface area contributed by atoms with Gasteiger partial charge in [-0.3, -0.25) is 0 Å². The summed E-state index contributed by atoms with van der Waals surface area (Å²) in [7, 11) is 0. The highest BCUT2D eigenvalue weighted by Crippen LogP contribution is 2.33. The number of anilines is 2. The van der Waals surface area contributed by atoms with E-state index < -0.39 is 0 Å². The lowest BCUT2D eigenvalue weighted by Gasteiger charge is -2.31. The topological polar surface area (TPSA) is 73.3 Å². The zero-order valence-electron chi connectivity index (χ0n) is 14.7. The van der Waals surface area contributed by atoms with E-state index in [9.17, 15) is 0 Å². The van der Waals surface area contributed by atoms with Crippen molar-refractivity contribution >= 4 is 23.1 Å². The normalized spacial score (nSPS) is 18.7. The molecule has 1 fully saturated rings. The molecule has 3 rings (SSSR count). The van der Waals surface area contributed by atoms with Crippen LogP contribution >= 0.6 is 11.8 Å². The summed E-state index contributed by atoms with van der Waals surface area (Å²) in [6, 6.07) is 14.5. The summed E-state index contributed by atoms with van der Waals surface area (Å²) in [5.74, 6) is 0.924. The van der Waals surface area contributed by atoms with Crippen LogP contribution in [-0.2, 0) is 0 Å². The molecule has 1 heterocycles. The van der Waals surface area contributed by atoms with Gasteiger partial charge in [-0.05, 0) is 62.2 Å². The first-order valence-corrected chi connectivity index (χ1v) is 9.80. The minimum absolute atomic E-state index is 0.215. The van der Waals surface area contributed by atoms with E-state index in [-0.39, 0.29) is 6.10 Å². The van der Waals surface area contributed by atoms with Crippen LogP contribution in [-0.4, -0.2) is 18.7 Å². The zero-order valence-corrected chi connectivity index (χ0v) is 15.5. The molecule has 2 aromatic carbocycles. The molecule has 4 nitrogen and oxygen atoms in total. The Morgan fingerprint density at radius 2 is 1.96 bits per heavy atom. The maximum atomic E-state index is 6.30. The first-order chi connectivity index (χ1) is 12.2. The quantitative estimate of drug-likeness (QED) is 0.672. The number of ether oxygens (including phenoxy) is 1. The molecule has 1 saturated heterocycles. The number of benzene rings is 2. The molecule has 0 spiro atoms. The number of rotatable bonds is 6. The predicted octanol–water partition coefficient (Wildman–Crippen LogP) is 4.30. The lowest BCUT2D eigenvalue weighted by atomic mass is 9.98. The summed E-state index contributed by atoms with van der Waals surface area (Å²) in [5.41, 5.74) is 12.9. The lowest BCUT2D eigenvalue weighted by molar-refractivity contribution is 0.132. The van der Waals surface area contributed by atoms with E-state index in [0.717, 1.165) is 28.5 Å². The van der Waals surface area contributed by atoms with Gasteiger partial charge >= 0.3 is 0 Å². The average Bonchev–Trinajstić information content (AvgIpc) is 2.64. The predicted molar refractivity (Wildman–Crippen MR) is 106 cm³/mol. The van der Waals surface area contributed by atoms with Crippen molar-refractivity contribution < 1.29 is 4.74 Å². The fourth-order valence-corrected chi connectivity index (χ4v) is 4.10. The van der Waals surface area contributed by atoms with Crippen molar-refractivity contribution in [1.82, 2.24) is 5.32 Å². The molecule has 5 heteroatoms. The zero-order chi connectivity index (χ0) is 17.6. The van der Waals surface area contributed by atoms with E-state index in [4.69, 9.17) is 16.2 Å². The van der Waals surface area contributed by atoms with Gasteiger partial charge < -0.3 is 21.5 Å². The molecular formula is C20H27N3OS. The van der Waals surface area contributed by atoms with Crippen molar-refractivity contribution in [3.63, 3.8) is 0 Å². The number of nitrogens with two attached hydrogens (primary N) is 2. The molecule has 0 bridgehead atoms. The smallest absolute Gasteiger partial charge is 0.120 e. The van der Waals surface area contributed by atoms with Crippen LogP contribution in [0.2, 0.25) is 0 Å². The second kappa shape index (κ2) is 8.50. The Balaban J connectivity index is 1.68. The molecule has 2 atom stereocenters. The Hall–Kier alpha value is -1.85. The highest BCUT2D eigenvalue weighted by Gasteiger charge is 2.23. The van der Waals surface area contributed by atoms with Crippen molar-refractivity contribution in [2.75, 3.05) is 18.0 Å². The standard InChI is InChI=1S/C20H27N3OS/c1-2-20(19-8-3-4-11-23-19)24-14-6-5-7-15(12-14)25-16-9-10-17(21)18(22)13-16/h5-7,9-10,12-13,19-20,23H,2-4,8,11,21-22H2,1H3. The van der Waals surface area contributed by atoms with Crippen molar-refractivity contribution in [3.8, 4) is 5.75 Å². The molecular weight excluding hydrogens is 330 g/mol. The molecule has 0 saturated carbocycles. The molecule has 0 radical (unpaired) electrons. The molecule has 2 unspecified atom stereocenters. The van der Waals surface area contributed by atoms with Crippen LogP contribution in [0.1, 0.15) is 32.6 Å². The Labute approximate surface area is 154 Å². The number of nitrogens with one attached hydrogen (secondary N) is 1. The van der Waals surface area contributed by atoms with Gasteiger partial charge in [-0.2, -0.15) is 0 Å². The first kappa shape index (κ1) is 18.0. The van der Waals surface area contributed by atoms with Gasteiger partial charge in [0.15, 0.2) is 0 Å². The average molecular weight is 358 g/mol. The Bertz CT molecular complexity index is 701. The molecule has 2 aromatic rings. The van der Waals surface area contributed by atoms with Gasteiger partial charge in [-0.25, -0.2) is 0 Å². The summed E-state index contributed by atoms with van der Waals surface area (Å²) in [6.07, 6.45) is 4.96. The third kappa shape index (κ3) is 4.83. The van der Waals surface area contributed by atoms with E-state index in [1.807, 2.05) is 30.3 Å². The SMILES string of the molecule is CCC(Oc1cccc(Sc2ccc(N)c(N)c2)c1)C1CCCCN1. The van der Waals surface area contributed by atoms with Gasteiger partial charge in [0.1, 0.15) is 11.9 Å². The summed E-state index contributed by atoms with van der Waals surface area (Å²) in [5, 5.41) is 3.60. The van der Waals surface area contributed by atoms with Crippen molar-refractivity contribution in [2.24, 2.45) is 0 Å². The molecule has 1 aliphatic heterocycles. The number of piperidine rings is 1. The van der Waals surface area contributed by atoms with Gasteiger partial charge in [0.25, 0.3) is 0 Å².